The summed E-state index contributed by atoms with van der Waals surface area (Å²) in [5, 5.41) is 8.98. The molecule has 5 rings (SSSR count). The van der Waals surface area contributed by atoms with E-state index in [1.807, 2.05) is 29.6 Å². The Morgan fingerprint density at radius 2 is 2.03 bits per heavy atom. The number of ether oxygens (including phenoxy) is 1. The zero-order valence-electron chi connectivity index (χ0n) is 18.9. The highest BCUT2D eigenvalue weighted by atomic mass is 32.1. The molecule has 0 bridgehead atoms. The number of carbonyl (C=O) groups is 2. The van der Waals surface area contributed by atoms with Gasteiger partial charge in [-0.3, -0.25) is 9.69 Å². The SMILES string of the molecule is CCOC(=O)N1CCC2(CC(N3CCN(c4ncccc4-c4cscn4)CC3)C2)C1.O=CO. The summed E-state index contributed by atoms with van der Waals surface area (Å²) in [5.74, 6) is 1.05. The van der Waals surface area contributed by atoms with Crippen LogP contribution in [0.3, 0.4) is 0 Å². The zero-order valence-corrected chi connectivity index (χ0v) is 19.7. The highest BCUT2D eigenvalue weighted by molar-refractivity contribution is 7.07. The van der Waals surface area contributed by atoms with Crippen LogP contribution >= 0.6 is 11.3 Å². The van der Waals surface area contributed by atoms with Crippen LogP contribution in [-0.2, 0) is 9.53 Å². The molecule has 9 nitrogen and oxygen atoms in total. The topological polar surface area (TPSA) is 99.1 Å². The maximum atomic E-state index is 12.0. The molecule has 1 aliphatic carbocycles. The van der Waals surface area contributed by atoms with Gasteiger partial charge in [-0.2, -0.15) is 0 Å². The molecule has 1 amide bonds. The molecule has 2 aliphatic heterocycles. The smallest absolute Gasteiger partial charge is 0.409 e. The van der Waals surface area contributed by atoms with E-state index < -0.39 is 0 Å². The number of amides is 1. The van der Waals surface area contributed by atoms with E-state index in [1.54, 1.807) is 11.3 Å². The number of aromatic nitrogens is 2. The summed E-state index contributed by atoms with van der Waals surface area (Å²) in [6, 6.07) is 4.76. The molecule has 1 spiro atoms. The third-order valence-corrected chi connectivity index (χ3v) is 7.51. The summed E-state index contributed by atoms with van der Waals surface area (Å²) >= 11 is 1.62. The highest BCUT2D eigenvalue weighted by Gasteiger charge is 2.51. The van der Waals surface area contributed by atoms with E-state index in [9.17, 15) is 4.79 Å². The first kappa shape index (κ1) is 23.4. The minimum atomic E-state index is -0.250. The van der Waals surface area contributed by atoms with Gasteiger partial charge in [-0.05, 0) is 43.7 Å². The number of hydrogen-bond donors (Lipinski definition) is 1. The molecule has 33 heavy (non-hydrogen) atoms. The number of rotatable bonds is 4. The number of thiazole rings is 1. The fraction of sp³-hybridized carbons (Fsp3) is 0.565. The van der Waals surface area contributed by atoms with Gasteiger partial charge < -0.3 is 19.6 Å². The van der Waals surface area contributed by atoms with Crippen molar-refractivity contribution in [3.8, 4) is 11.3 Å². The maximum Gasteiger partial charge on any atom is 0.409 e. The quantitative estimate of drug-likeness (QED) is 0.677. The van der Waals surface area contributed by atoms with Crippen LogP contribution in [0, 0.1) is 5.41 Å². The summed E-state index contributed by atoms with van der Waals surface area (Å²) in [6.07, 6.45) is 5.26. The molecule has 3 fully saturated rings. The van der Waals surface area contributed by atoms with Crippen LogP contribution < -0.4 is 4.90 Å². The Morgan fingerprint density at radius 3 is 2.70 bits per heavy atom. The van der Waals surface area contributed by atoms with Crippen molar-refractivity contribution in [2.75, 3.05) is 50.8 Å². The number of likely N-dealkylation sites (tertiary alicyclic amines) is 1. The molecule has 1 saturated carbocycles. The second-order valence-electron chi connectivity index (χ2n) is 8.81. The average molecular weight is 474 g/mol. The monoisotopic (exact) mass is 473 g/mol. The Labute approximate surface area is 198 Å². The van der Waals surface area contributed by atoms with E-state index in [0.29, 0.717) is 18.1 Å². The van der Waals surface area contributed by atoms with E-state index in [0.717, 1.165) is 62.8 Å². The molecule has 2 aromatic rings. The van der Waals surface area contributed by atoms with E-state index >= 15 is 0 Å². The van der Waals surface area contributed by atoms with Crippen LogP contribution in [0.5, 0.6) is 0 Å². The second kappa shape index (κ2) is 10.5. The fourth-order valence-corrected chi connectivity index (χ4v) is 5.88. The van der Waals surface area contributed by atoms with Crippen molar-refractivity contribution in [2.24, 2.45) is 5.41 Å². The molecular weight excluding hydrogens is 442 g/mol. The Balaban J connectivity index is 0.000000821. The number of carboxylic acid groups (broad SMARTS) is 1. The molecule has 0 radical (unpaired) electrons. The fourth-order valence-electron chi connectivity index (χ4n) is 5.33. The van der Waals surface area contributed by atoms with Gasteiger partial charge in [0, 0.05) is 62.5 Å². The lowest BCUT2D eigenvalue weighted by Crippen LogP contribution is -2.58. The predicted octanol–water partition coefficient (Wildman–Crippen LogP) is 3.04. The van der Waals surface area contributed by atoms with Gasteiger partial charge in [-0.1, -0.05) is 0 Å². The van der Waals surface area contributed by atoms with E-state index in [4.69, 9.17) is 14.6 Å². The van der Waals surface area contributed by atoms with Crippen molar-refractivity contribution in [3.63, 3.8) is 0 Å². The number of nitrogens with zero attached hydrogens (tertiary/aromatic N) is 5. The minimum absolute atomic E-state index is 0.141. The van der Waals surface area contributed by atoms with Gasteiger partial charge in [0.1, 0.15) is 5.82 Å². The Bertz CT molecular complexity index is 927. The van der Waals surface area contributed by atoms with Crippen LogP contribution in [0.1, 0.15) is 26.2 Å². The molecule has 10 heteroatoms. The number of piperazine rings is 1. The molecule has 0 atom stereocenters. The van der Waals surface area contributed by atoms with Crippen molar-refractivity contribution in [3.05, 3.63) is 29.2 Å². The number of pyridine rings is 1. The normalized spacial score (nSPS) is 24.7. The molecule has 178 valence electrons. The third kappa shape index (κ3) is 5.11. The molecule has 1 N–H and O–H groups in total. The van der Waals surface area contributed by atoms with Crippen molar-refractivity contribution in [1.82, 2.24) is 19.8 Å². The van der Waals surface area contributed by atoms with Crippen molar-refractivity contribution in [2.45, 2.75) is 32.2 Å². The number of anilines is 1. The van der Waals surface area contributed by atoms with Crippen LogP contribution in [0.2, 0.25) is 0 Å². The summed E-state index contributed by atoms with van der Waals surface area (Å²) in [5.41, 5.74) is 4.34. The summed E-state index contributed by atoms with van der Waals surface area (Å²) in [7, 11) is 0. The van der Waals surface area contributed by atoms with Crippen LogP contribution in [0.4, 0.5) is 10.6 Å². The van der Waals surface area contributed by atoms with Gasteiger partial charge in [0.25, 0.3) is 6.47 Å². The van der Waals surface area contributed by atoms with E-state index in [-0.39, 0.29) is 12.6 Å². The first-order valence-corrected chi connectivity index (χ1v) is 12.4. The third-order valence-electron chi connectivity index (χ3n) is 6.93. The van der Waals surface area contributed by atoms with Gasteiger partial charge >= 0.3 is 6.09 Å². The highest BCUT2D eigenvalue weighted by Crippen LogP contribution is 2.50. The molecule has 4 heterocycles. The molecule has 2 saturated heterocycles. The van der Waals surface area contributed by atoms with Gasteiger partial charge in [0.15, 0.2) is 0 Å². The predicted molar refractivity (Wildman–Crippen MR) is 126 cm³/mol. The lowest BCUT2D eigenvalue weighted by molar-refractivity contribution is -0.122. The molecule has 2 aromatic heterocycles. The molecule has 0 unspecified atom stereocenters. The molecule has 3 aliphatic rings. The van der Waals surface area contributed by atoms with Crippen molar-refractivity contribution in [1.29, 1.82) is 0 Å². The number of carbonyl (C=O) groups excluding carboxylic acids is 1. The minimum Gasteiger partial charge on any atom is -0.483 e. The van der Waals surface area contributed by atoms with E-state index in [1.165, 1.54) is 12.8 Å². The van der Waals surface area contributed by atoms with Crippen LogP contribution in [0.25, 0.3) is 11.3 Å². The maximum absolute atomic E-state index is 12.0. The lowest BCUT2D eigenvalue weighted by atomic mass is 9.64. The molecule has 0 aromatic carbocycles. The summed E-state index contributed by atoms with van der Waals surface area (Å²) in [4.78, 5) is 36.5. The first-order chi connectivity index (χ1) is 16.1. The van der Waals surface area contributed by atoms with E-state index in [2.05, 4.69) is 31.2 Å². The largest absolute Gasteiger partial charge is 0.483 e. The Morgan fingerprint density at radius 1 is 1.27 bits per heavy atom. The first-order valence-electron chi connectivity index (χ1n) is 11.4. The van der Waals surface area contributed by atoms with Gasteiger partial charge in [0.05, 0.1) is 17.8 Å². The second-order valence-corrected chi connectivity index (χ2v) is 9.53. The van der Waals surface area contributed by atoms with Gasteiger partial charge in [0.2, 0.25) is 0 Å². The standard InChI is InChI=1S/C22H29N5O2S.CH2O2/c1-2-29-21(28)27-7-5-22(15-27)12-17(13-22)25-8-10-26(11-9-25)20-18(4-3-6-23-20)19-14-30-16-24-19;2-1-3/h3-4,6,14,16-17H,2,5,7-13,15H2,1H3;1H,(H,2,3). The Kier molecular flexibility index (Phi) is 7.44. The summed E-state index contributed by atoms with van der Waals surface area (Å²) < 4.78 is 5.18. The summed E-state index contributed by atoms with van der Waals surface area (Å²) in [6.45, 7) is 7.90. The van der Waals surface area contributed by atoms with Gasteiger partial charge in [-0.25, -0.2) is 14.8 Å². The average Bonchev–Trinajstić information content (AvgIpc) is 3.50. The molecular formula is C23H31N5O4S. The van der Waals surface area contributed by atoms with Crippen LogP contribution in [0.15, 0.2) is 29.2 Å². The number of hydrogen-bond acceptors (Lipinski definition) is 8. The van der Waals surface area contributed by atoms with Crippen LogP contribution in [-0.4, -0.2) is 89.4 Å². The van der Waals surface area contributed by atoms with Crippen molar-refractivity contribution < 1.29 is 19.4 Å². The zero-order chi connectivity index (χ0) is 23.3. The van der Waals surface area contributed by atoms with Gasteiger partial charge in [-0.15, -0.1) is 11.3 Å². The lowest BCUT2D eigenvalue weighted by Gasteiger charge is -2.52. The van der Waals surface area contributed by atoms with Crippen molar-refractivity contribution >= 4 is 29.7 Å². The Hall–Kier alpha value is -2.72.